The van der Waals surface area contributed by atoms with Gasteiger partial charge in [0.05, 0.1) is 0 Å². The standard InChI is InChI=1S/C6H12BNO/c1-5-2-3-8(7)4-6(5)9/h5H,2-4,7H2,1H3. The Morgan fingerprint density at radius 1 is 1.78 bits per heavy atom. The van der Waals surface area contributed by atoms with Crippen LogP contribution in [-0.2, 0) is 4.79 Å². The van der Waals surface area contributed by atoms with E-state index in [4.69, 9.17) is 0 Å². The average molecular weight is 125 g/mol. The van der Waals surface area contributed by atoms with Gasteiger partial charge < -0.3 is 4.81 Å². The third-order valence-corrected chi connectivity index (χ3v) is 1.92. The zero-order chi connectivity index (χ0) is 6.85. The van der Waals surface area contributed by atoms with Crippen LogP contribution in [0, 0.1) is 5.92 Å². The van der Waals surface area contributed by atoms with Crippen LogP contribution >= 0.6 is 0 Å². The molecular weight excluding hydrogens is 113 g/mol. The van der Waals surface area contributed by atoms with E-state index < -0.39 is 0 Å². The van der Waals surface area contributed by atoms with Crippen molar-refractivity contribution in [2.45, 2.75) is 13.3 Å². The van der Waals surface area contributed by atoms with E-state index in [0.717, 1.165) is 13.0 Å². The SMILES string of the molecule is BN1CCC(C)C(=O)C1. The molecule has 0 bridgehead atoms. The summed E-state index contributed by atoms with van der Waals surface area (Å²) in [5, 5.41) is 0. The van der Waals surface area contributed by atoms with E-state index in [-0.39, 0.29) is 0 Å². The van der Waals surface area contributed by atoms with E-state index in [1.807, 2.05) is 14.9 Å². The summed E-state index contributed by atoms with van der Waals surface area (Å²) in [5.74, 6) is 0.699. The fraction of sp³-hybridized carbons (Fsp3) is 0.833. The molecule has 1 fully saturated rings. The maximum atomic E-state index is 11.0. The van der Waals surface area contributed by atoms with Gasteiger partial charge in [-0.25, -0.2) is 0 Å². The lowest BCUT2D eigenvalue weighted by atomic mass is 9.96. The maximum absolute atomic E-state index is 11.0. The number of Topliss-reactive ketones (excluding diaryl/α,β-unsaturated/α-hetero) is 1. The minimum absolute atomic E-state index is 0.307. The molecule has 0 aromatic heterocycles. The number of hydrogen-bond donors (Lipinski definition) is 0. The van der Waals surface area contributed by atoms with Gasteiger partial charge in [-0.1, -0.05) is 6.92 Å². The van der Waals surface area contributed by atoms with Crippen molar-refractivity contribution in [1.82, 2.24) is 4.81 Å². The third-order valence-electron chi connectivity index (χ3n) is 1.92. The van der Waals surface area contributed by atoms with Crippen molar-refractivity contribution in [3.63, 3.8) is 0 Å². The van der Waals surface area contributed by atoms with Crippen molar-refractivity contribution in [3.05, 3.63) is 0 Å². The predicted molar refractivity (Wildman–Crippen MR) is 38.9 cm³/mol. The largest absolute Gasteiger partial charge is 0.343 e. The first-order chi connectivity index (χ1) is 4.20. The molecule has 1 aliphatic heterocycles. The first kappa shape index (κ1) is 6.81. The zero-order valence-corrected chi connectivity index (χ0v) is 6.05. The lowest BCUT2D eigenvalue weighted by Crippen LogP contribution is -2.38. The highest BCUT2D eigenvalue weighted by atomic mass is 16.1. The highest BCUT2D eigenvalue weighted by Gasteiger charge is 2.19. The number of hydrogen-bond acceptors (Lipinski definition) is 2. The molecule has 50 valence electrons. The topological polar surface area (TPSA) is 20.3 Å². The Morgan fingerprint density at radius 2 is 2.44 bits per heavy atom. The van der Waals surface area contributed by atoms with Crippen LogP contribution in [0.4, 0.5) is 0 Å². The Morgan fingerprint density at radius 3 is 2.89 bits per heavy atom. The number of piperidine rings is 1. The first-order valence-electron chi connectivity index (χ1n) is 3.41. The Bertz CT molecular complexity index is 126. The Labute approximate surface area is 56.7 Å². The van der Waals surface area contributed by atoms with E-state index in [0.29, 0.717) is 18.2 Å². The molecule has 0 aliphatic carbocycles. The molecule has 0 aromatic rings. The quantitative estimate of drug-likeness (QED) is 0.404. The second kappa shape index (κ2) is 2.52. The van der Waals surface area contributed by atoms with E-state index in [9.17, 15) is 4.79 Å². The Balaban J connectivity index is 2.44. The summed E-state index contributed by atoms with van der Waals surface area (Å²) in [6.45, 7) is 3.74. The molecule has 2 nitrogen and oxygen atoms in total. The Hall–Kier alpha value is -0.305. The van der Waals surface area contributed by atoms with Gasteiger partial charge in [-0.2, -0.15) is 0 Å². The number of carbonyl (C=O) groups is 1. The second-order valence-electron chi connectivity index (χ2n) is 2.89. The number of ketones is 1. The van der Waals surface area contributed by atoms with Gasteiger partial charge in [-0.15, -0.1) is 0 Å². The van der Waals surface area contributed by atoms with Gasteiger partial charge in [-0.3, -0.25) is 4.79 Å². The highest BCUT2D eigenvalue weighted by molar-refractivity contribution is 6.06. The Kier molecular flexibility index (Phi) is 1.91. The minimum Gasteiger partial charge on any atom is -0.343 e. The summed E-state index contributed by atoms with van der Waals surface area (Å²) in [6.07, 6.45) is 1.04. The summed E-state index contributed by atoms with van der Waals surface area (Å²) >= 11 is 0. The molecule has 9 heavy (non-hydrogen) atoms. The molecule has 1 aliphatic rings. The van der Waals surface area contributed by atoms with Gasteiger partial charge in [0.15, 0.2) is 7.98 Å². The minimum atomic E-state index is 0.307. The summed E-state index contributed by atoms with van der Waals surface area (Å²) in [7, 11) is 1.99. The molecule has 1 atom stereocenters. The van der Waals surface area contributed by atoms with Crippen LogP contribution in [-0.4, -0.2) is 31.7 Å². The van der Waals surface area contributed by atoms with E-state index in [1.54, 1.807) is 0 Å². The molecule has 0 saturated carbocycles. The van der Waals surface area contributed by atoms with Crippen molar-refractivity contribution < 1.29 is 4.79 Å². The van der Waals surface area contributed by atoms with Crippen molar-refractivity contribution in [1.29, 1.82) is 0 Å². The van der Waals surface area contributed by atoms with Crippen LogP contribution in [0.5, 0.6) is 0 Å². The fourth-order valence-corrected chi connectivity index (χ4v) is 1.08. The lowest BCUT2D eigenvalue weighted by Gasteiger charge is -2.25. The van der Waals surface area contributed by atoms with Gasteiger partial charge in [0.2, 0.25) is 0 Å². The molecule has 1 unspecified atom stereocenters. The zero-order valence-electron chi connectivity index (χ0n) is 6.05. The second-order valence-corrected chi connectivity index (χ2v) is 2.89. The number of nitrogens with zero attached hydrogens (tertiary/aromatic N) is 1. The molecule has 0 spiro atoms. The van der Waals surface area contributed by atoms with Crippen LogP contribution in [0.25, 0.3) is 0 Å². The molecule has 1 heterocycles. The van der Waals surface area contributed by atoms with E-state index in [2.05, 4.69) is 4.81 Å². The maximum Gasteiger partial charge on any atom is 0.186 e. The molecule has 0 N–H and O–H groups in total. The van der Waals surface area contributed by atoms with Crippen molar-refractivity contribution in [2.75, 3.05) is 13.1 Å². The van der Waals surface area contributed by atoms with Gasteiger partial charge >= 0.3 is 0 Å². The van der Waals surface area contributed by atoms with Crippen molar-refractivity contribution >= 4 is 13.8 Å². The number of rotatable bonds is 0. The first-order valence-corrected chi connectivity index (χ1v) is 3.41. The van der Waals surface area contributed by atoms with Crippen LogP contribution < -0.4 is 0 Å². The summed E-state index contributed by atoms with van der Waals surface area (Å²) in [6, 6.07) is 0. The van der Waals surface area contributed by atoms with Gasteiger partial charge in [-0.05, 0) is 13.0 Å². The molecule has 0 amide bonds. The van der Waals surface area contributed by atoms with Crippen LogP contribution in [0.1, 0.15) is 13.3 Å². The molecule has 3 heteroatoms. The molecule has 1 saturated heterocycles. The normalized spacial score (nSPS) is 30.8. The van der Waals surface area contributed by atoms with Crippen molar-refractivity contribution in [2.24, 2.45) is 5.92 Å². The molecule has 1 rings (SSSR count). The fourth-order valence-electron chi connectivity index (χ4n) is 1.08. The summed E-state index contributed by atoms with van der Waals surface area (Å²) < 4.78 is 0. The van der Waals surface area contributed by atoms with Crippen LogP contribution in [0.2, 0.25) is 0 Å². The average Bonchev–Trinajstić information content (AvgIpc) is 1.80. The number of carbonyl (C=O) groups excluding carboxylic acids is 1. The lowest BCUT2D eigenvalue weighted by molar-refractivity contribution is -0.124. The summed E-state index contributed by atoms with van der Waals surface area (Å²) in [5.41, 5.74) is 0. The van der Waals surface area contributed by atoms with Gasteiger partial charge in [0.1, 0.15) is 5.78 Å². The highest BCUT2D eigenvalue weighted by Crippen LogP contribution is 2.10. The van der Waals surface area contributed by atoms with E-state index >= 15 is 0 Å². The molecule has 0 radical (unpaired) electrons. The summed E-state index contributed by atoms with van der Waals surface area (Å²) in [4.78, 5) is 13.0. The van der Waals surface area contributed by atoms with Gasteiger partial charge in [0.25, 0.3) is 0 Å². The third kappa shape index (κ3) is 1.55. The smallest absolute Gasteiger partial charge is 0.186 e. The van der Waals surface area contributed by atoms with E-state index in [1.165, 1.54) is 0 Å². The van der Waals surface area contributed by atoms with Crippen molar-refractivity contribution in [3.8, 4) is 0 Å². The van der Waals surface area contributed by atoms with Gasteiger partial charge in [0, 0.05) is 12.5 Å². The monoisotopic (exact) mass is 125 g/mol. The molecule has 0 aromatic carbocycles. The van der Waals surface area contributed by atoms with Crippen LogP contribution in [0.3, 0.4) is 0 Å². The van der Waals surface area contributed by atoms with Crippen LogP contribution in [0.15, 0.2) is 0 Å². The predicted octanol–water partition coefficient (Wildman–Crippen LogP) is -0.555. The molecular formula is C6H12BNO.